The van der Waals surface area contributed by atoms with Crippen LogP contribution in [0.25, 0.3) is 6.08 Å². The van der Waals surface area contributed by atoms with Gasteiger partial charge < -0.3 is 19.4 Å². The summed E-state index contributed by atoms with van der Waals surface area (Å²) in [6, 6.07) is 8.06. The lowest BCUT2D eigenvalue weighted by molar-refractivity contribution is -0.140. The molecular formula is C20H30BNO4. The number of hydrogen-bond donors (Lipinski definition) is 1. The summed E-state index contributed by atoms with van der Waals surface area (Å²) in [4.78, 5) is 11.5. The molecule has 6 heteroatoms. The molecule has 0 aromatic heterocycles. The summed E-state index contributed by atoms with van der Waals surface area (Å²) in [6.07, 6.45) is 3.10. The Balaban J connectivity index is 2.28. The van der Waals surface area contributed by atoms with Crippen LogP contribution in [-0.4, -0.2) is 45.0 Å². The molecule has 26 heavy (non-hydrogen) atoms. The first kappa shape index (κ1) is 20.7. The Hall–Kier alpha value is -1.63. The summed E-state index contributed by atoms with van der Waals surface area (Å²) in [5.74, 6) is -0.204. The zero-order chi connectivity index (χ0) is 19.4. The molecule has 142 valence electrons. The van der Waals surface area contributed by atoms with E-state index in [0.29, 0.717) is 19.4 Å². The average molecular weight is 359 g/mol. The summed E-state index contributed by atoms with van der Waals surface area (Å²) in [5, 5.41) is 3.20. The summed E-state index contributed by atoms with van der Waals surface area (Å²) < 4.78 is 17.2. The lowest BCUT2D eigenvalue weighted by atomic mass is 9.76. The minimum atomic E-state index is -0.402. The molecule has 0 atom stereocenters. The SMILES string of the molecule is CNCC(=Cc1ccccc1CCC(=O)OC)B1OC(C)(C)C(C)(C)O1. The van der Waals surface area contributed by atoms with Crippen LogP contribution in [0.2, 0.25) is 0 Å². The maximum atomic E-state index is 11.5. The molecule has 1 aliphatic rings. The molecule has 1 heterocycles. The van der Waals surface area contributed by atoms with E-state index in [9.17, 15) is 4.79 Å². The number of methoxy groups -OCH3 is 1. The van der Waals surface area contributed by atoms with Gasteiger partial charge >= 0.3 is 13.1 Å². The molecule has 0 aliphatic carbocycles. The smallest absolute Gasteiger partial charge is 0.469 e. The molecule has 0 bridgehead atoms. The van der Waals surface area contributed by atoms with Crippen molar-refractivity contribution in [2.75, 3.05) is 20.7 Å². The first-order chi connectivity index (χ1) is 12.2. The van der Waals surface area contributed by atoms with E-state index < -0.39 is 7.12 Å². The van der Waals surface area contributed by atoms with Crippen LogP contribution in [0.1, 0.15) is 45.2 Å². The van der Waals surface area contributed by atoms with Crippen molar-refractivity contribution >= 4 is 19.2 Å². The third-order valence-corrected chi connectivity index (χ3v) is 5.16. The Morgan fingerprint density at radius 2 is 1.81 bits per heavy atom. The molecule has 1 aromatic carbocycles. The van der Waals surface area contributed by atoms with Gasteiger partial charge in [0.2, 0.25) is 0 Å². The quantitative estimate of drug-likeness (QED) is 0.599. The maximum Gasteiger partial charge on any atom is 0.491 e. The molecule has 2 rings (SSSR count). The van der Waals surface area contributed by atoms with Gasteiger partial charge in [0.15, 0.2) is 0 Å². The van der Waals surface area contributed by atoms with Gasteiger partial charge in [0.1, 0.15) is 0 Å². The first-order valence-electron chi connectivity index (χ1n) is 9.05. The number of nitrogens with one attached hydrogen (secondary N) is 1. The Bertz CT molecular complexity index is 654. The van der Waals surface area contributed by atoms with Crippen molar-refractivity contribution in [2.45, 2.75) is 51.7 Å². The average Bonchev–Trinajstić information content (AvgIpc) is 2.81. The standard InChI is InChI=1S/C20H30BNO4/c1-19(2)20(3,4)26-21(25-19)17(14-22-5)13-16-10-8-7-9-15(16)11-12-18(23)24-6/h7-10,13,22H,11-12,14H2,1-6H3. The number of rotatable bonds is 7. The van der Waals surface area contributed by atoms with Crippen LogP contribution in [-0.2, 0) is 25.3 Å². The number of likely N-dealkylation sites (N-methyl/N-ethyl adjacent to an activating group) is 1. The van der Waals surface area contributed by atoms with Gasteiger partial charge in [-0.1, -0.05) is 30.3 Å². The normalized spacial score (nSPS) is 18.8. The van der Waals surface area contributed by atoms with Crippen molar-refractivity contribution < 1.29 is 18.8 Å². The maximum absolute atomic E-state index is 11.5. The number of ether oxygens (including phenoxy) is 1. The van der Waals surface area contributed by atoms with Crippen molar-refractivity contribution in [2.24, 2.45) is 0 Å². The van der Waals surface area contributed by atoms with Gasteiger partial charge in [0, 0.05) is 13.0 Å². The molecule has 1 aliphatic heterocycles. The fourth-order valence-corrected chi connectivity index (χ4v) is 2.84. The molecule has 0 spiro atoms. The number of hydrogen-bond acceptors (Lipinski definition) is 5. The lowest BCUT2D eigenvalue weighted by Crippen LogP contribution is -2.41. The first-order valence-corrected chi connectivity index (χ1v) is 9.05. The van der Waals surface area contributed by atoms with E-state index in [4.69, 9.17) is 14.0 Å². The Labute approximate surface area is 157 Å². The van der Waals surface area contributed by atoms with Crippen molar-refractivity contribution in [3.63, 3.8) is 0 Å². The monoisotopic (exact) mass is 359 g/mol. The molecule has 0 unspecified atom stereocenters. The minimum absolute atomic E-state index is 0.204. The van der Waals surface area contributed by atoms with E-state index in [1.807, 2.05) is 59.0 Å². The molecule has 1 aromatic rings. The van der Waals surface area contributed by atoms with Crippen LogP contribution in [0.15, 0.2) is 29.7 Å². The summed E-state index contributed by atoms with van der Waals surface area (Å²) in [6.45, 7) is 8.85. The minimum Gasteiger partial charge on any atom is -0.469 e. The molecule has 1 saturated heterocycles. The largest absolute Gasteiger partial charge is 0.491 e. The summed E-state index contributed by atoms with van der Waals surface area (Å²) >= 11 is 0. The number of carbonyl (C=O) groups is 1. The van der Waals surface area contributed by atoms with Crippen molar-refractivity contribution in [1.82, 2.24) is 5.32 Å². The topological polar surface area (TPSA) is 56.8 Å². The third-order valence-electron chi connectivity index (χ3n) is 5.16. The predicted molar refractivity (Wildman–Crippen MR) is 105 cm³/mol. The van der Waals surface area contributed by atoms with Gasteiger partial charge in [-0.3, -0.25) is 4.79 Å². The van der Waals surface area contributed by atoms with Crippen LogP contribution >= 0.6 is 0 Å². The van der Waals surface area contributed by atoms with Crippen molar-refractivity contribution in [3.05, 3.63) is 40.9 Å². The molecular weight excluding hydrogens is 329 g/mol. The number of carbonyl (C=O) groups excluding carboxylic acids is 1. The molecule has 0 radical (unpaired) electrons. The van der Waals surface area contributed by atoms with Crippen molar-refractivity contribution in [1.29, 1.82) is 0 Å². The van der Waals surface area contributed by atoms with E-state index in [2.05, 4.69) is 11.4 Å². The highest BCUT2D eigenvalue weighted by Crippen LogP contribution is 2.38. The number of benzene rings is 1. The zero-order valence-electron chi connectivity index (χ0n) is 16.7. The van der Waals surface area contributed by atoms with Crippen LogP contribution in [0.5, 0.6) is 0 Å². The summed E-state index contributed by atoms with van der Waals surface area (Å²) in [5.41, 5.74) is 2.43. The predicted octanol–water partition coefficient (Wildman–Crippen LogP) is 3.03. The zero-order valence-corrected chi connectivity index (χ0v) is 16.7. The van der Waals surface area contributed by atoms with Gasteiger partial charge in [-0.2, -0.15) is 0 Å². The Kier molecular flexibility index (Phi) is 6.66. The van der Waals surface area contributed by atoms with Crippen LogP contribution < -0.4 is 5.32 Å². The van der Waals surface area contributed by atoms with Crippen LogP contribution in [0.4, 0.5) is 0 Å². The van der Waals surface area contributed by atoms with E-state index >= 15 is 0 Å². The highest BCUT2D eigenvalue weighted by molar-refractivity contribution is 6.55. The number of esters is 1. The lowest BCUT2D eigenvalue weighted by Gasteiger charge is -2.32. The van der Waals surface area contributed by atoms with Gasteiger partial charge in [-0.25, -0.2) is 0 Å². The van der Waals surface area contributed by atoms with Gasteiger partial charge in [0.05, 0.1) is 18.3 Å². The third kappa shape index (κ3) is 4.75. The fourth-order valence-electron chi connectivity index (χ4n) is 2.84. The van der Waals surface area contributed by atoms with E-state index in [1.54, 1.807) is 0 Å². The second-order valence-corrected chi connectivity index (χ2v) is 7.61. The van der Waals surface area contributed by atoms with Crippen LogP contribution in [0, 0.1) is 0 Å². The van der Waals surface area contributed by atoms with Gasteiger partial charge in [-0.15, -0.1) is 0 Å². The Morgan fingerprint density at radius 1 is 1.19 bits per heavy atom. The number of aryl methyl sites for hydroxylation is 1. The van der Waals surface area contributed by atoms with Gasteiger partial charge in [0.25, 0.3) is 0 Å². The van der Waals surface area contributed by atoms with Crippen molar-refractivity contribution in [3.8, 4) is 0 Å². The summed E-state index contributed by atoms with van der Waals surface area (Å²) in [7, 11) is 2.92. The molecule has 1 N–H and O–H groups in total. The highest BCUT2D eigenvalue weighted by Gasteiger charge is 2.52. The highest BCUT2D eigenvalue weighted by atomic mass is 16.7. The molecule has 0 saturated carbocycles. The molecule has 5 nitrogen and oxygen atoms in total. The van der Waals surface area contributed by atoms with E-state index in [0.717, 1.165) is 16.6 Å². The van der Waals surface area contributed by atoms with E-state index in [-0.39, 0.29) is 17.2 Å². The second kappa shape index (κ2) is 8.38. The van der Waals surface area contributed by atoms with E-state index in [1.165, 1.54) is 7.11 Å². The fraction of sp³-hybridized carbons (Fsp3) is 0.550. The van der Waals surface area contributed by atoms with Crippen LogP contribution in [0.3, 0.4) is 0 Å². The van der Waals surface area contributed by atoms with Gasteiger partial charge in [-0.05, 0) is 57.8 Å². The second-order valence-electron chi connectivity index (χ2n) is 7.61. The molecule has 0 amide bonds. The Morgan fingerprint density at radius 3 is 2.38 bits per heavy atom. The molecule has 1 fully saturated rings.